The average Bonchev–Trinajstić information content (AvgIpc) is 2.97. The zero-order valence-corrected chi connectivity index (χ0v) is 17.1. The quantitative estimate of drug-likeness (QED) is 0.715. The van der Waals surface area contributed by atoms with Crippen LogP contribution in [0.4, 0.5) is 0 Å². The number of nitrogens with one attached hydrogen (secondary N) is 1. The number of nitrogens with zero attached hydrogens (tertiary/aromatic N) is 3. The predicted octanol–water partition coefficient (Wildman–Crippen LogP) is 3.80. The second-order valence-corrected chi connectivity index (χ2v) is 7.09. The molecule has 3 aromatic rings. The minimum atomic E-state index is 0. The number of aromatic nitrogens is 2. The highest BCUT2D eigenvalue weighted by molar-refractivity contribution is 6.31. The van der Waals surface area contributed by atoms with E-state index in [1.807, 2.05) is 30.3 Å². The Kier molecular flexibility index (Phi) is 6.27. The smallest absolute Gasteiger partial charge is 0.123 e. The van der Waals surface area contributed by atoms with Crippen molar-refractivity contribution < 1.29 is 4.74 Å². The number of para-hydroxylation sites is 1. The molecule has 0 spiro atoms. The first-order valence-corrected chi connectivity index (χ1v) is 9.23. The van der Waals surface area contributed by atoms with Crippen LogP contribution in [0.15, 0.2) is 42.5 Å². The van der Waals surface area contributed by atoms with Crippen molar-refractivity contribution in [3.8, 4) is 5.75 Å². The van der Waals surface area contributed by atoms with Crippen molar-refractivity contribution in [1.29, 1.82) is 0 Å². The van der Waals surface area contributed by atoms with E-state index in [0.29, 0.717) is 0 Å². The molecule has 0 radical (unpaired) electrons. The molecule has 4 rings (SSSR count). The maximum Gasteiger partial charge on any atom is 0.123 e. The van der Waals surface area contributed by atoms with Gasteiger partial charge in [0.25, 0.3) is 0 Å². The third-order valence-electron chi connectivity index (χ3n) is 5.13. The lowest BCUT2D eigenvalue weighted by Crippen LogP contribution is -2.45. The number of ether oxygens (including phenoxy) is 1. The zero-order chi connectivity index (χ0) is 18.1. The molecule has 0 aliphatic carbocycles. The van der Waals surface area contributed by atoms with Gasteiger partial charge in [0.05, 0.1) is 30.7 Å². The second-order valence-electron chi connectivity index (χ2n) is 6.65. The van der Waals surface area contributed by atoms with Gasteiger partial charge in [-0.15, -0.1) is 12.4 Å². The van der Waals surface area contributed by atoms with Crippen molar-refractivity contribution in [3.63, 3.8) is 0 Å². The summed E-state index contributed by atoms with van der Waals surface area (Å²) in [6, 6.07) is 14.4. The summed E-state index contributed by atoms with van der Waals surface area (Å²) in [5.41, 5.74) is 3.26. The summed E-state index contributed by atoms with van der Waals surface area (Å²) >= 11 is 6.15. The van der Waals surface area contributed by atoms with E-state index in [2.05, 4.69) is 34.0 Å². The Morgan fingerprint density at radius 3 is 2.89 bits per heavy atom. The SMILES string of the molecule is COc1ccccc1C1CNCCN1Cc1nc2ccc(Cl)cc2n1C.Cl. The van der Waals surface area contributed by atoms with E-state index in [4.69, 9.17) is 21.3 Å². The highest BCUT2D eigenvalue weighted by Crippen LogP contribution is 2.31. The van der Waals surface area contributed by atoms with Crippen molar-refractivity contribution in [2.75, 3.05) is 26.7 Å². The van der Waals surface area contributed by atoms with E-state index < -0.39 is 0 Å². The molecule has 144 valence electrons. The molecule has 1 aromatic heterocycles. The second kappa shape index (κ2) is 8.48. The molecule has 1 fully saturated rings. The summed E-state index contributed by atoms with van der Waals surface area (Å²) in [4.78, 5) is 7.30. The maximum atomic E-state index is 6.15. The number of hydrogen-bond donors (Lipinski definition) is 1. The summed E-state index contributed by atoms with van der Waals surface area (Å²) in [5, 5.41) is 4.24. The van der Waals surface area contributed by atoms with Crippen LogP contribution in [0.5, 0.6) is 5.75 Å². The number of imidazole rings is 1. The van der Waals surface area contributed by atoms with E-state index >= 15 is 0 Å². The fraction of sp³-hybridized carbons (Fsp3) is 0.350. The van der Waals surface area contributed by atoms with Crippen LogP contribution >= 0.6 is 24.0 Å². The van der Waals surface area contributed by atoms with Gasteiger partial charge in [0.15, 0.2) is 0 Å². The maximum absolute atomic E-state index is 6.15. The van der Waals surface area contributed by atoms with Gasteiger partial charge in [-0.25, -0.2) is 4.98 Å². The third-order valence-corrected chi connectivity index (χ3v) is 5.37. The van der Waals surface area contributed by atoms with Crippen LogP contribution in [-0.2, 0) is 13.6 Å². The van der Waals surface area contributed by atoms with Crippen molar-refractivity contribution in [3.05, 3.63) is 58.9 Å². The summed E-state index contributed by atoms with van der Waals surface area (Å²) in [6.45, 7) is 3.62. The van der Waals surface area contributed by atoms with Crippen LogP contribution in [0.3, 0.4) is 0 Å². The highest BCUT2D eigenvalue weighted by atomic mass is 35.5. The van der Waals surface area contributed by atoms with Crippen molar-refractivity contribution in [1.82, 2.24) is 19.8 Å². The molecular formula is C20H24Cl2N4O. The van der Waals surface area contributed by atoms with Crippen LogP contribution < -0.4 is 10.1 Å². The zero-order valence-electron chi connectivity index (χ0n) is 15.5. The Bertz CT molecular complexity index is 927. The van der Waals surface area contributed by atoms with E-state index in [1.54, 1.807) is 7.11 Å². The Hall–Kier alpha value is -1.79. The minimum absolute atomic E-state index is 0. The summed E-state index contributed by atoms with van der Waals surface area (Å²) in [7, 11) is 3.79. The van der Waals surface area contributed by atoms with Crippen LogP contribution in [0.25, 0.3) is 11.0 Å². The van der Waals surface area contributed by atoms with Crippen LogP contribution in [0.2, 0.25) is 5.02 Å². The highest BCUT2D eigenvalue weighted by Gasteiger charge is 2.27. The molecule has 1 saturated heterocycles. The Morgan fingerprint density at radius 1 is 1.26 bits per heavy atom. The first kappa shape index (κ1) is 20.0. The molecular weight excluding hydrogens is 383 g/mol. The Balaban J connectivity index is 0.00000210. The number of fused-ring (bicyclic) bond motifs is 1. The molecule has 0 bridgehead atoms. The summed E-state index contributed by atoms with van der Waals surface area (Å²) in [5.74, 6) is 1.98. The number of hydrogen-bond acceptors (Lipinski definition) is 4. The van der Waals surface area contributed by atoms with Crippen molar-refractivity contribution >= 4 is 35.0 Å². The lowest BCUT2D eigenvalue weighted by atomic mass is 10.0. The van der Waals surface area contributed by atoms with Crippen LogP contribution in [0.1, 0.15) is 17.4 Å². The standard InChI is InChI=1S/C20H23ClN4O.ClH/c1-24-17-11-14(21)7-8-16(17)23-20(24)13-25-10-9-22-12-18(25)15-5-3-4-6-19(15)26-2;/h3-8,11,18,22H,9-10,12-13H2,1-2H3;1H. The number of aryl methyl sites for hydroxylation is 1. The van der Waals surface area contributed by atoms with E-state index in [0.717, 1.165) is 53.8 Å². The first-order chi connectivity index (χ1) is 12.7. The molecule has 1 aliphatic heterocycles. The minimum Gasteiger partial charge on any atom is -0.496 e. The first-order valence-electron chi connectivity index (χ1n) is 8.86. The molecule has 2 heterocycles. The molecule has 7 heteroatoms. The normalized spacial score (nSPS) is 17.7. The summed E-state index contributed by atoms with van der Waals surface area (Å²) < 4.78 is 7.73. The van der Waals surface area contributed by atoms with Gasteiger partial charge in [-0.1, -0.05) is 29.8 Å². The lowest BCUT2D eigenvalue weighted by Gasteiger charge is -2.36. The largest absolute Gasteiger partial charge is 0.496 e. The number of rotatable bonds is 4. The van der Waals surface area contributed by atoms with Gasteiger partial charge >= 0.3 is 0 Å². The number of methoxy groups -OCH3 is 1. The van der Waals surface area contributed by atoms with Gasteiger partial charge in [0.1, 0.15) is 11.6 Å². The molecule has 1 N–H and O–H groups in total. The van der Waals surface area contributed by atoms with Crippen LogP contribution in [0, 0.1) is 0 Å². The summed E-state index contributed by atoms with van der Waals surface area (Å²) in [6.07, 6.45) is 0. The van der Waals surface area contributed by atoms with Gasteiger partial charge in [0.2, 0.25) is 0 Å². The average molecular weight is 407 g/mol. The molecule has 1 aliphatic rings. The Morgan fingerprint density at radius 2 is 2.07 bits per heavy atom. The molecule has 27 heavy (non-hydrogen) atoms. The number of halogens is 2. The molecule has 0 amide bonds. The molecule has 2 aromatic carbocycles. The van der Waals surface area contributed by atoms with E-state index in [1.165, 1.54) is 5.56 Å². The van der Waals surface area contributed by atoms with Gasteiger partial charge in [-0.05, 0) is 24.3 Å². The van der Waals surface area contributed by atoms with E-state index in [-0.39, 0.29) is 18.4 Å². The van der Waals surface area contributed by atoms with Gasteiger partial charge in [0, 0.05) is 37.3 Å². The van der Waals surface area contributed by atoms with Crippen LogP contribution in [-0.4, -0.2) is 41.2 Å². The monoisotopic (exact) mass is 406 g/mol. The number of piperazine rings is 1. The predicted molar refractivity (Wildman–Crippen MR) is 112 cm³/mol. The van der Waals surface area contributed by atoms with Crippen molar-refractivity contribution in [2.45, 2.75) is 12.6 Å². The lowest BCUT2D eigenvalue weighted by molar-refractivity contribution is 0.146. The Labute approximate surface area is 170 Å². The van der Waals surface area contributed by atoms with Crippen molar-refractivity contribution in [2.24, 2.45) is 7.05 Å². The molecule has 1 unspecified atom stereocenters. The third kappa shape index (κ3) is 3.92. The fourth-order valence-corrected chi connectivity index (χ4v) is 3.89. The molecule has 0 saturated carbocycles. The van der Waals surface area contributed by atoms with E-state index in [9.17, 15) is 0 Å². The van der Waals surface area contributed by atoms with Gasteiger partial charge in [-0.2, -0.15) is 0 Å². The van der Waals surface area contributed by atoms with Gasteiger partial charge in [-0.3, -0.25) is 4.90 Å². The molecule has 1 atom stereocenters. The molecule has 5 nitrogen and oxygen atoms in total. The topological polar surface area (TPSA) is 42.3 Å². The van der Waals surface area contributed by atoms with Gasteiger partial charge < -0.3 is 14.6 Å². The number of benzene rings is 2. The fourth-order valence-electron chi connectivity index (χ4n) is 3.72.